The van der Waals surface area contributed by atoms with Crippen LogP contribution in [0.1, 0.15) is 110 Å². The molecular formula is C68H47N. The van der Waals surface area contributed by atoms with Crippen LogP contribution in [0.2, 0.25) is 0 Å². The topological polar surface area (TPSA) is 3.24 Å². The van der Waals surface area contributed by atoms with Crippen molar-refractivity contribution < 1.29 is 63.1 Å². The van der Waals surface area contributed by atoms with Gasteiger partial charge in [0.1, 0.15) is 0 Å². The molecule has 0 unspecified atom stereocenters. The second-order valence-electron chi connectivity index (χ2n) is 15.6. The first-order chi connectivity index (χ1) is 53.1. The molecule has 11 aromatic rings. The SMILES string of the molecule is [2H]c1cc2c(c([2H])c1[2H])C1(c3c([2H])c([2H])c([2H])c([2H])c3-c3c([2H])c([2H])c([2H])c([2H])c31)c1c([2H])c([2H])c([2H])c(N(c3c([2H])c([2H])c(-c4c([2H])c([2H])c5c([2H])c([2H])c([2H])c([2H])c5c4-c4c([2H])c([2H])c(-c5c([2H])c([2H])c([2H])c([2H])c5[2H])c([2H])c4[2H])c([2H])c3[2H])c3c([2H])c([2H])c4c(c3[2H])C(C([2H])([2H])[2H])(C([2H])([2H])[2H])c3c([2H])c([2H])c([2H])c([2H])c3-4)c1-2. The molecule has 0 saturated carbocycles. The Morgan fingerprint density at radius 1 is 0.348 bits per heavy atom. The van der Waals surface area contributed by atoms with Crippen molar-refractivity contribution >= 4 is 27.8 Å². The molecular weight excluding hydrogens is 831 g/mol. The van der Waals surface area contributed by atoms with Crippen LogP contribution >= 0.6 is 0 Å². The molecule has 3 aliphatic rings. The van der Waals surface area contributed by atoms with E-state index in [9.17, 15) is 46.6 Å². The number of hydrogen-bond donors (Lipinski definition) is 0. The van der Waals surface area contributed by atoms with Crippen LogP contribution in [0.3, 0.4) is 0 Å². The lowest BCUT2D eigenvalue weighted by molar-refractivity contribution is 0.660. The summed E-state index contributed by atoms with van der Waals surface area (Å²) in [7, 11) is 0. The minimum atomic E-state index is -4.23. The molecule has 0 aliphatic heterocycles. The lowest BCUT2D eigenvalue weighted by atomic mass is 9.70. The Hall–Kier alpha value is -8.52. The predicted molar refractivity (Wildman–Crippen MR) is 289 cm³/mol. The second-order valence-corrected chi connectivity index (χ2v) is 15.6. The zero-order valence-corrected chi connectivity index (χ0v) is 34.5. The first-order valence-corrected chi connectivity index (χ1v) is 20.5. The van der Waals surface area contributed by atoms with Crippen molar-refractivity contribution in [3.05, 3.63) is 281 Å². The Kier molecular flexibility index (Phi) is 3.26. The van der Waals surface area contributed by atoms with Crippen LogP contribution in [0.25, 0.3) is 77.5 Å². The normalized spacial score (nSPS) is 23.7. The smallest absolute Gasteiger partial charge is 0.0726 e. The first-order valence-electron chi connectivity index (χ1n) is 43.5. The maximum absolute atomic E-state index is 10.6. The molecule has 0 radical (unpaired) electrons. The van der Waals surface area contributed by atoms with Gasteiger partial charge < -0.3 is 4.90 Å². The molecule has 0 heterocycles. The highest BCUT2D eigenvalue weighted by Gasteiger charge is 2.52. The summed E-state index contributed by atoms with van der Waals surface area (Å²) in [5.41, 5.74) is -30.6. The highest BCUT2D eigenvalue weighted by atomic mass is 15.1. The molecule has 0 amide bonds. The molecule has 0 bridgehead atoms. The maximum atomic E-state index is 10.6. The Morgan fingerprint density at radius 2 is 0.884 bits per heavy atom. The monoisotopic (exact) mass is 924 g/mol. The van der Waals surface area contributed by atoms with Gasteiger partial charge in [0, 0.05) is 30.6 Å². The third-order valence-electron chi connectivity index (χ3n) is 12.1. The first kappa shape index (κ1) is 15.0. The fourth-order valence-electron chi connectivity index (χ4n) is 9.30. The molecule has 1 heteroatoms. The minimum Gasteiger partial charge on any atom is -0.310 e. The molecule has 1 spiro atoms. The zero-order chi connectivity index (χ0) is 85.7. The van der Waals surface area contributed by atoms with Gasteiger partial charge in [-0.25, -0.2) is 0 Å². The summed E-state index contributed by atoms with van der Waals surface area (Å²) >= 11 is 0. The molecule has 14 rings (SSSR count). The minimum absolute atomic E-state index is 0.131. The summed E-state index contributed by atoms with van der Waals surface area (Å²) < 4.78 is 435. The van der Waals surface area contributed by atoms with Crippen LogP contribution in [-0.4, -0.2) is 0 Å². The number of nitrogens with zero attached hydrogens (tertiary/aromatic N) is 1. The van der Waals surface area contributed by atoms with Crippen LogP contribution in [0, 0.1) is 0 Å². The van der Waals surface area contributed by atoms with Gasteiger partial charge >= 0.3 is 0 Å². The average Bonchev–Trinajstić information content (AvgIpc) is 1.48. The van der Waals surface area contributed by atoms with E-state index in [-0.39, 0.29) is 4.90 Å². The molecule has 0 saturated heterocycles. The molecule has 0 aromatic heterocycles. The van der Waals surface area contributed by atoms with Crippen molar-refractivity contribution in [2.45, 2.75) is 24.5 Å². The summed E-state index contributed by atoms with van der Waals surface area (Å²) in [5.74, 6) is 0. The van der Waals surface area contributed by atoms with E-state index in [1.807, 2.05) is 0 Å². The number of benzene rings is 11. The van der Waals surface area contributed by atoms with Crippen molar-refractivity contribution in [1.29, 1.82) is 0 Å². The summed E-state index contributed by atoms with van der Waals surface area (Å²) in [6.45, 7) is -8.47. The van der Waals surface area contributed by atoms with E-state index in [4.69, 9.17) is 16.4 Å². The van der Waals surface area contributed by atoms with E-state index in [1.54, 1.807) is 0 Å². The second kappa shape index (κ2) is 15.0. The maximum Gasteiger partial charge on any atom is 0.0726 e. The Morgan fingerprint density at radius 3 is 1.62 bits per heavy atom. The number of hydrogen-bond acceptors (Lipinski definition) is 1. The van der Waals surface area contributed by atoms with Crippen molar-refractivity contribution in [2.24, 2.45) is 0 Å². The van der Waals surface area contributed by atoms with Gasteiger partial charge in [-0.15, -0.1) is 0 Å². The van der Waals surface area contributed by atoms with Crippen LogP contribution < -0.4 is 4.90 Å². The Labute approximate surface area is 468 Å². The highest BCUT2D eigenvalue weighted by Crippen LogP contribution is 2.65. The molecule has 0 fully saturated rings. The molecule has 69 heavy (non-hydrogen) atoms. The lowest BCUT2D eigenvalue weighted by Gasteiger charge is -2.32. The summed E-state index contributed by atoms with van der Waals surface area (Å²) in [4.78, 5) is 0.131. The van der Waals surface area contributed by atoms with Gasteiger partial charge in [-0.1, -0.05) is 231 Å². The highest BCUT2D eigenvalue weighted by molar-refractivity contribution is 6.05. The number of anilines is 3. The van der Waals surface area contributed by atoms with Crippen LogP contribution in [0.4, 0.5) is 17.1 Å². The fourth-order valence-corrected chi connectivity index (χ4v) is 9.30. The van der Waals surface area contributed by atoms with Crippen molar-refractivity contribution in [3.63, 3.8) is 0 Å². The van der Waals surface area contributed by atoms with Gasteiger partial charge in [0.25, 0.3) is 0 Å². The standard InChI is InChI=1S/C68H47N/c1-67(2)58-25-12-8-21-53(58)56-42-40-50(43-63(56)67)69(64-30-16-29-62-66(64)57-24-11-15-28-61(57)68(62)59-26-13-9-22-54(59)55-23-10-14-27-60(55)68)49-38-35-47(36-39-49)52-41-37-46-19-6-7-20-51(46)65(52)48-33-31-45(32-34-48)44-17-4-3-5-18-44/h3-43H,1-2H3/i1D3,2D3,3D,4D,5D,6D,7D,8D,9D,10D,11D,12D,13D,14D,15D,16D,17D,18D,19D,20D,21D,22D,23D,25D,26D,27D,28D,29D,30D,31D,32D,33D,34D,35D,36D,37D,38D,39D,40D,41D,42D,43D. The largest absolute Gasteiger partial charge is 0.310 e. The molecule has 11 aromatic carbocycles. The molecule has 3 aliphatic carbocycles. The quantitative estimate of drug-likeness (QED) is 0.161. The van der Waals surface area contributed by atoms with Crippen LogP contribution in [0.15, 0.2) is 248 Å². The van der Waals surface area contributed by atoms with E-state index < -0.39 is 394 Å². The average molecular weight is 924 g/mol. The van der Waals surface area contributed by atoms with Crippen LogP contribution in [-0.2, 0) is 10.8 Å². The molecule has 324 valence electrons. The van der Waals surface area contributed by atoms with Gasteiger partial charge in [0.2, 0.25) is 0 Å². The molecule has 1 nitrogen and oxygen atoms in total. The number of rotatable bonds is 6. The van der Waals surface area contributed by atoms with E-state index >= 15 is 0 Å². The number of fused-ring (bicyclic) bond motifs is 14. The van der Waals surface area contributed by atoms with Gasteiger partial charge in [0.15, 0.2) is 0 Å². The fraction of sp³-hybridized carbons (Fsp3) is 0.0588. The van der Waals surface area contributed by atoms with Gasteiger partial charge in [0.05, 0.1) is 65.9 Å². The summed E-state index contributed by atoms with van der Waals surface area (Å²) in [6, 6.07) is -49.6. The van der Waals surface area contributed by atoms with Crippen molar-refractivity contribution in [1.82, 2.24) is 0 Å². The van der Waals surface area contributed by atoms with Gasteiger partial charge in [-0.2, -0.15) is 0 Å². The van der Waals surface area contributed by atoms with Gasteiger partial charge in [-0.05, 0) is 136 Å². The summed E-state index contributed by atoms with van der Waals surface area (Å²) in [6.07, 6.45) is 0. The van der Waals surface area contributed by atoms with E-state index in [0.29, 0.717) is 6.07 Å². The van der Waals surface area contributed by atoms with Crippen LogP contribution in [0.5, 0.6) is 0 Å². The predicted octanol–water partition coefficient (Wildman–Crippen LogP) is 18.0. The van der Waals surface area contributed by atoms with E-state index in [2.05, 4.69) is 0 Å². The molecule has 0 atom stereocenters. The Balaban J connectivity index is 1.24. The zero-order valence-electron chi connectivity index (χ0n) is 80.5. The Bertz CT molecular complexity index is 6330. The third kappa shape index (κ3) is 5.65. The van der Waals surface area contributed by atoms with E-state index in [0.717, 1.165) is 0 Å². The third-order valence-corrected chi connectivity index (χ3v) is 12.1. The van der Waals surface area contributed by atoms with Crippen molar-refractivity contribution in [3.8, 4) is 66.8 Å². The lowest BCUT2D eigenvalue weighted by Crippen LogP contribution is -2.26. The van der Waals surface area contributed by atoms with E-state index in [1.165, 1.54) is 0 Å². The molecule has 0 N–H and O–H groups in total. The van der Waals surface area contributed by atoms with Gasteiger partial charge in [-0.3, -0.25) is 0 Å². The summed E-state index contributed by atoms with van der Waals surface area (Å²) in [5, 5.41) is -1.94. The van der Waals surface area contributed by atoms with Crippen molar-refractivity contribution in [2.75, 3.05) is 4.90 Å².